The molecule has 0 bridgehead atoms. The minimum atomic E-state index is 0.423. The van der Waals surface area contributed by atoms with E-state index in [1.807, 2.05) is 32.0 Å². The van der Waals surface area contributed by atoms with Crippen LogP contribution in [0.5, 0.6) is 11.5 Å². The number of ether oxygens (including phenoxy) is 3. The summed E-state index contributed by atoms with van der Waals surface area (Å²) in [7, 11) is 1.63. The van der Waals surface area contributed by atoms with Crippen LogP contribution in [0.4, 0.5) is 0 Å². The highest BCUT2D eigenvalue weighted by molar-refractivity contribution is 6.35. The van der Waals surface area contributed by atoms with Gasteiger partial charge in [0.25, 0.3) is 0 Å². The number of hydrogen-bond donors (Lipinski definition) is 0. The molecule has 0 unspecified atom stereocenters. The van der Waals surface area contributed by atoms with E-state index in [1.54, 1.807) is 7.11 Å². The molecule has 5 heteroatoms. The molecule has 0 N–H and O–H groups in total. The molecule has 1 heterocycles. The van der Waals surface area contributed by atoms with Gasteiger partial charge in [0, 0.05) is 18.6 Å². The molecule has 1 aromatic heterocycles. The third-order valence-corrected chi connectivity index (χ3v) is 3.08. The summed E-state index contributed by atoms with van der Waals surface area (Å²) in [4.78, 5) is 4.52. The van der Waals surface area contributed by atoms with E-state index in [-0.39, 0.29) is 0 Å². The first kappa shape index (κ1) is 14.9. The average molecular weight is 296 g/mol. The Kier molecular flexibility index (Phi) is 5.04. The highest BCUT2D eigenvalue weighted by Gasteiger charge is 2.11. The first-order valence-corrected chi connectivity index (χ1v) is 6.95. The van der Waals surface area contributed by atoms with E-state index in [4.69, 9.17) is 25.8 Å². The third kappa shape index (κ3) is 3.14. The Hall–Kier alpha value is -1.52. The van der Waals surface area contributed by atoms with Crippen LogP contribution in [0.25, 0.3) is 10.9 Å². The molecule has 4 nitrogen and oxygen atoms in total. The minimum Gasteiger partial charge on any atom is -0.490 e. The van der Waals surface area contributed by atoms with Gasteiger partial charge >= 0.3 is 0 Å². The first-order valence-electron chi connectivity index (χ1n) is 6.57. The van der Waals surface area contributed by atoms with Crippen molar-refractivity contribution in [2.24, 2.45) is 0 Å². The van der Waals surface area contributed by atoms with E-state index < -0.39 is 0 Å². The van der Waals surface area contributed by atoms with E-state index in [0.29, 0.717) is 36.3 Å². The van der Waals surface area contributed by atoms with Crippen LogP contribution >= 0.6 is 11.6 Å². The number of methoxy groups -OCH3 is 1. The van der Waals surface area contributed by atoms with Gasteiger partial charge in [-0.15, -0.1) is 0 Å². The predicted octanol–water partition coefficient (Wildman–Crippen LogP) is 3.83. The summed E-state index contributed by atoms with van der Waals surface area (Å²) >= 11 is 6.31. The average Bonchev–Trinajstić information content (AvgIpc) is 2.41. The fourth-order valence-corrected chi connectivity index (χ4v) is 2.28. The predicted molar refractivity (Wildman–Crippen MR) is 79.8 cm³/mol. The van der Waals surface area contributed by atoms with E-state index >= 15 is 0 Å². The summed E-state index contributed by atoms with van der Waals surface area (Å²) in [5, 5.41) is 1.48. The number of benzene rings is 1. The number of nitrogens with zero attached hydrogens (tertiary/aromatic N) is 1. The SMILES string of the molecule is CCOc1cc2nc(COC)cc(Cl)c2cc1OCC. The van der Waals surface area contributed by atoms with E-state index in [2.05, 4.69) is 4.98 Å². The molecule has 0 saturated heterocycles. The molecule has 0 amide bonds. The van der Waals surface area contributed by atoms with Gasteiger partial charge in [-0.25, -0.2) is 0 Å². The van der Waals surface area contributed by atoms with Gasteiger partial charge in [0.2, 0.25) is 0 Å². The smallest absolute Gasteiger partial charge is 0.163 e. The molecule has 2 aromatic rings. The topological polar surface area (TPSA) is 40.6 Å². The number of fused-ring (bicyclic) bond motifs is 1. The van der Waals surface area contributed by atoms with Crippen molar-refractivity contribution in [2.45, 2.75) is 20.5 Å². The maximum atomic E-state index is 6.31. The molecule has 0 radical (unpaired) electrons. The molecule has 1 aromatic carbocycles. The van der Waals surface area contributed by atoms with E-state index in [0.717, 1.165) is 16.6 Å². The van der Waals surface area contributed by atoms with Gasteiger partial charge in [0.1, 0.15) is 0 Å². The van der Waals surface area contributed by atoms with Crippen molar-refractivity contribution in [3.63, 3.8) is 0 Å². The fourth-order valence-electron chi connectivity index (χ4n) is 2.00. The van der Waals surface area contributed by atoms with Crippen molar-refractivity contribution in [3.8, 4) is 11.5 Å². The Balaban J connectivity index is 2.57. The molecule has 0 aliphatic carbocycles. The van der Waals surface area contributed by atoms with Gasteiger partial charge in [-0.1, -0.05) is 11.6 Å². The zero-order valence-electron chi connectivity index (χ0n) is 11.9. The van der Waals surface area contributed by atoms with Gasteiger partial charge in [-0.2, -0.15) is 0 Å². The summed E-state index contributed by atoms with van der Waals surface area (Å²) in [6.07, 6.45) is 0. The number of pyridine rings is 1. The molecule has 0 atom stereocenters. The first-order chi connectivity index (χ1) is 9.69. The Labute approximate surface area is 123 Å². The number of hydrogen-bond acceptors (Lipinski definition) is 4. The zero-order chi connectivity index (χ0) is 14.5. The maximum Gasteiger partial charge on any atom is 0.163 e. The highest BCUT2D eigenvalue weighted by Crippen LogP contribution is 2.35. The Morgan fingerprint density at radius 3 is 2.30 bits per heavy atom. The Morgan fingerprint density at radius 1 is 1.05 bits per heavy atom. The molecular formula is C15H18ClNO3. The van der Waals surface area contributed by atoms with Crippen molar-refractivity contribution in [3.05, 3.63) is 28.9 Å². The second kappa shape index (κ2) is 6.77. The summed E-state index contributed by atoms with van der Waals surface area (Å²) in [6, 6.07) is 5.54. The highest BCUT2D eigenvalue weighted by atomic mass is 35.5. The van der Waals surface area contributed by atoms with Crippen LogP contribution < -0.4 is 9.47 Å². The van der Waals surface area contributed by atoms with Crippen LogP contribution in [0.2, 0.25) is 5.02 Å². The maximum absolute atomic E-state index is 6.31. The number of rotatable bonds is 6. The van der Waals surface area contributed by atoms with Gasteiger partial charge in [-0.05, 0) is 26.0 Å². The van der Waals surface area contributed by atoms with Crippen molar-refractivity contribution in [1.82, 2.24) is 4.98 Å². The van der Waals surface area contributed by atoms with Crippen molar-refractivity contribution >= 4 is 22.5 Å². The van der Waals surface area contributed by atoms with Crippen molar-refractivity contribution in [1.29, 1.82) is 0 Å². The normalized spacial score (nSPS) is 10.8. The standard InChI is InChI=1S/C15H18ClNO3/c1-4-19-14-7-11-12(16)6-10(9-18-3)17-13(11)8-15(14)20-5-2/h6-8H,4-5,9H2,1-3H3. The van der Waals surface area contributed by atoms with Gasteiger partial charge in [-0.3, -0.25) is 4.98 Å². The van der Waals surface area contributed by atoms with Crippen LogP contribution in [0.15, 0.2) is 18.2 Å². The molecular weight excluding hydrogens is 278 g/mol. The summed E-state index contributed by atoms with van der Waals surface area (Å²) in [6.45, 7) is 5.42. The largest absolute Gasteiger partial charge is 0.490 e. The second-order valence-corrected chi connectivity index (χ2v) is 4.62. The van der Waals surface area contributed by atoms with Crippen LogP contribution in [0.3, 0.4) is 0 Å². The lowest BCUT2D eigenvalue weighted by atomic mass is 10.1. The summed E-state index contributed by atoms with van der Waals surface area (Å²) < 4.78 is 16.3. The molecule has 2 rings (SSSR count). The van der Waals surface area contributed by atoms with Crippen LogP contribution in [-0.2, 0) is 11.3 Å². The van der Waals surface area contributed by atoms with Gasteiger partial charge < -0.3 is 14.2 Å². The summed E-state index contributed by atoms with van der Waals surface area (Å²) in [5.41, 5.74) is 1.56. The van der Waals surface area contributed by atoms with Crippen LogP contribution in [-0.4, -0.2) is 25.3 Å². The molecule has 0 fully saturated rings. The quantitative estimate of drug-likeness (QED) is 0.812. The van der Waals surface area contributed by atoms with Crippen LogP contribution in [0.1, 0.15) is 19.5 Å². The van der Waals surface area contributed by atoms with Crippen molar-refractivity contribution < 1.29 is 14.2 Å². The minimum absolute atomic E-state index is 0.423. The molecule has 0 aliphatic heterocycles. The van der Waals surface area contributed by atoms with E-state index in [9.17, 15) is 0 Å². The Morgan fingerprint density at radius 2 is 1.70 bits per heavy atom. The summed E-state index contributed by atoms with van der Waals surface area (Å²) in [5.74, 6) is 1.37. The monoisotopic (exact) mass is 295 g/mol. The lowest BCUT2D eigenvalue weighted by Gasteiger charge is -2.13. The third-order valence-electron chi connectivity index (χ3n) is 2.77. The lowest BCUT2D eigenvalue weighted by molar-refractivity contribution is 0.182. The molecule has 108 valence electrons. The number of halogens is 1. The van der Waals surface area contributed by atoms with E-state index in [1.165, 1.54) is 0 Å². The van der Waals surface area contributed by atoms with Crippen molar-refractivity contribution in [2.75, 3.05) is 20.3 Å². The fraction of sp³-hybridized carbons (Fsp3) is 0.400. The Bertz CT molecular complexity index is 601. The number of aromatic nitrogens is 1. The lowest BCUT2D eigenvalue weighted by Crippen LogP contribution is -2.00. The molecule has 0 spiro atoms. The van der Waals surface area contributed by atoms with Gasteiger partial charge in [0.05, 0.1) is 36.1 Å². The second-order valence-electron chi connectivity index (χ2n) is 4.21. The zero-order valence-corrected chi connectivity index (χ0v) is 12.7. The van der Waals surface area contributed by atoms with Gasteiger partial charge in [0.15, 0.2) is 11.5 Å². The molecule has 0 saturated carbocycles. The van der Waals surface area contributed by atoms with Crippen LogP contribution in [0, 0.1) is 0 Å². The molecule has 0 aliphatic rings. The molecule has 20 heavy (non-hydrogen) atoms.